The van der Waals surface area contributed by atoms with Crippen LogP contribution < -0.4 is 0 Å². The Balaban J connectivity index is 1.93. The van der Waals surface area contributed by atoms with Crippen LogP contribution in [0, 0.1) is 0 Å². The van der Waals surface area contributed by atoms with Crippen molar-refractivity contribution in [2.24, 2.45) is 0 Å². The van der Waals surface area contributed by atoms with Crippen LogP contribution in [0.3, 0.4) is 0 Å². The van der Waals surface area contributed by atoms with Crippen LogP contribution in [0.2, 0.25) is 0 Å². The Morgan fingerprint density at radius 3 is 1.63 bits per heavy atom. The molecule has 30 heavy (non-hydrogen) atoms. The van der Waals surface area contributed by atoms with Crippen molar-refractivity contribution < 1.29 is 9.53 Å². The van der Waals surface area contributed by atoms with Crippen LogP contribution in [-0.2, 0) is 22.6 Å². The quantitative estimate of drug-likeness (QED) is 0.423. The van der Waals surface area contributed by atoms with Gasteiger partial charge in [0.2, 0.25) is 0 Å². The summed E-state index contributed by atoms with van der Waals surface area (Å²) in [6, 6.07) is 31.0. The van der Waals surface area contributed by atoms with E-state index < -0.39 is 5.60 Å². The molecule has 0 amide bonds. The summed E-state index contributed by atoms with van der Waals surface area (Å²) in [5.41, 5.74) is 3.06. The maximum atomic E-state index is 12.8. The molecule has 0 heterocycles. The number of rotatable bonds is 8. The molecule has 0 aliphatic heterocycles. The number of nitrogens with zero attached hydrogens (tertiary/aromatic N) is 1. The summed E-state index contributed by atoms with van der Waals surface area (Å²) >= 11 is 0. The van der Waals surface area contributed by atoms with Gasteiger partial charge in [0.1, 0.15) is 5.60 Å². The highest BCUT2D eigenvalue weighted by Crippen LogP contribution is 2.29. The monoisotopic (exact) mass is 401 g/mol. The van der Waals surface area contributed by atoms with Crippen LogP contribution in [0.5, 0.6) is 0 Å². The molecule has 0 aliphatic carbocycles. The Morgan fingerprint density at radius 2 is 1.20 bits per heavy atom. The van der Waals surface area contributed by atoms with Crippen molar-refractivity contribution in [3.05, 3.63) is 108 Å². The van der Waals surface area contributed by atoms with E-state index in [2.05, 4.69) is 65.6 Å². The molecule has 0 N–H and O–H groups in total. The van der Waals surface area contributed by atoms with Gasteiger partial charge in [0.05, 0.1) is 6.42 Å². The molecule has 3 heteroatoms. The number of hydrogen-bond donors (Lipinski definition) is 0. The van der Waals surface area contributed by atoms with Gasteiger partial charge in [-0.3, -0.25) is 9.69 Å². The molecule has 1 atom stereocenters. The number of carbonyl (C=O) groups is 1. The summed E-state index contributed by atoms with van der Waals surface area (Å²) < 4.78 is 5.67. The fourth-order valence-corrected chi connectivity index (χ4v) is 3.59. The number of carbonyl (C=O) groups excluding carboxylic acids is 1. The standard InChI is InChI=1S/C27H31NO2/c1-27(2,3)30-26(29)19-25(24-17-11-6-12-18-24)28(20-22-13-7-4-8-14-22)21-23-15-9-5-10-16-23/h4-18,25H,19-21H2,1-3H3. The van der Waals surface area contributed by atoms with Gasteiger partial charge in [0, 0.05) is 19.1 Å². The van der Waals surface area contributed by atoms with Crippen molar-refractivity contribution in [3.8, 4) is 0 Å². The van der Waals surface area contributed by atoms with E-state index in [1.165, 1.54) is 11.1 Å². The average molecular weight is 402 g/mol. The Hall–Kier alpha value is -2.91. The minimum Gasteiger partial charge on any atom is -0.460 e. The molecular formula is C27H31NO2. The first-order valence-corrected chi connectivity index (χ1v) is 10.5. The molecule has 0 bridgehead atoms. The van der Waals surface area contributed by atoms with E-state index >= 15 is 0 Å². The Morgan fingerprint density at radius 1 is 0.767 bits per heavy atom. The highest BCUT2D eigenvalue weighted by atomic mass is 16.6. The molecule has 0 aromatic heterocycles. The molecule has 0 aliphatic rings. The topological polar surface area (TPSA) is 29.5 Å². The molecule has 0 saturated heterocycles. The molecule has 0 spiro atoms. The zero-order chi connectivity index (χ0) is 21.4. The normalized spacial score (nSPS) is 12.5. The van der Waals surface area contributed by atoms with Gasteiger partial charge in [0.15, 0.2) is 0 Å². The first-order chi connectivity index (χ1) is 14.4. The molecular weight excluding hydrogens is 370 g/mol. The lowest BCUT2D eigenvalue weighted by Gasteiger charge is -2.33. The third-order valence-corrected chi connectivity index (χ3v) is 4.86. The van der Waals surface area contributed by atoms with Gasteiger partial charge in [-0.05, 0) is 37.5 Å². The Labute approximate surface area is 180 Å². The van der Waals surface area contributed by atoms with E-state index in [1.54, 1.807) is 0 Å². The van der Waals surface area contributed by atoms with Crippen molar-refractivity contribution in [2.75, 3.05) is 0 Å². The third kappa shape index (κ3) is 6.85. The van der Waals surface area contributed by atoms with E-state index in [0.29, 0.717) is 6.42 Å². The first-order valence-electron chi connectivity index (χ1n) is 10.5. The summed E-state index contributed by atoms with van der Waals surface area (Å²) in [5, 5.41) is 0. The Bertz CT molecular complexity index is 860. The van der Waals surface area contributed by atoms with Gasteiger partial charge in [-0.1, -0.05) is 91.0 Å². The van der Waals surface area contributed by atoms with Crippen LogP contribution in [0.1, 0.15) is 49.9 Å². The number of esters is 1. The smallest absolute Gasteiger partial charge is 0.308 e. The van der Waals surface area contributed by atoms with Gasteiger partial charge in [0.25, 0.3) is 0 Å². The van der Waals surface area contributed by atoms with Crippen molar-refractivity contribution >= 4 is 5.97 Å². The second-order valence-electron chi connectivity index (χ2n) is 8.59. The van der Waals surface area contributed by atoms with Crippen molar-refractivity contribution in [3.63, 3.8) is 0 Å². The largest absolute Gasteiger partial charge is 0.460 e. The zero-order valence-corrected chi connectivity index (χ0v) is 18.1. The summed E-state index contributed by atoms with van der Waals surface area (Å²) in [4.78, 5) is 15.2. The predicted octanol–water partition coefficient (Wildman–Crippen LogP) is 6.16. The Kier molecular flexibility index (Phi) is 7.42. The average Bonchev–Trinajstić information content (AvgIpc) is 2.72. The third-order valence-electron chi connectivity index (χ3n) is 4.86. The van der Waals surface area contributed by atoms with Crippen molar-refractivity contribution in [1.29, 1.82) is 0 Å². The maximum Gasteiger partial charge on any atom is 0.308 e. The van der Waals surface area contributed by atoms with Crippen LogP contribution in [0.25, 0.3) is 0 Å². The number of benzene rings is 3. The molecule has 3 aromatic carbocycles. The lowest BCUT2D eigenvalue weighted by atomic mass is 9.99. The highest BCUT2D eigenvalue weighted by molar-refractivity contribution is 5.71. The summed E-state index contributed by atoms with van der Waals surface area (Å²) in [5.74, 6) is -0.178. The molecule has 3 rings (SSSR count). The molecule has 0 fully saturated rings. The summed E-state index contributed by atoms with van der Waals surface area (Å²) in [6.07, 6.45) is 0.306. The first kappa shape index (κ1) is 21.8. The number of hydrogen-bond acceptors (Lipinski definition) is 3. The lowest BCUT2D eigenvalue weighted by Crippen LogP contribution is -2.32. The second kappa shape index (κ2) is 10.2. The van der Waals surface area contributed by atoms with Gasteiger partial charge in [-0.25, -0.2) is 0 Å². The fraction of sp³-hybridized carbons (Fsp3) is 0.296. The molecule has 0 saturated carbocycles. The molecule has 3 nitrogen and oxygen atoms in total. The predicted molar refractivity (Wildman–Crippen MR) is 122 cm³/mol. The second-order valence-corrected chi connectivity index (χ2v) is 8.59. The van der Waals surface area contributed by atoms with Crippen LogP contribution >= 0.6 is 0 Å². The zero-order valence-electron chi connectivity index (χ0n) is 18.1. The van der Waals surface area contributed by atoms with E-state index in [1.807, 2.05) is 51.1 Å². The van der Waals surface area contributed by atoms with Gasteiger partial charge in [-0.15, -0.1) is 0 Å². The van der Waals surface area contributed by atoms with Crippen molar-refractivity contribution in [2.45, 2.75) is 51.9 Å². The van der Waals surface area contributed by atoms with E-state index in [4.69, 9.17) is 4.74 Å². The molecule has 0 radical (unpaired) electrons. The van der Waals surface area contributed by atoms with Crippen LogP contribution in [0.4, 0.5) is 0 Å². The van der Waals surface area contributed by atoms with Crippen LogP contribution in [0.15, 0.2) is 91.0 Å². The van der Waals surface area contributed by atoms with Gasteiger partial charge >= 0.3 is 5.97 Å². The fourth-order valence-electron chi connectivity index (χ4n) is 3.59. The van der Waals surface area contributed by atoms with E-state index in [9.17, 15) is 4.79 Å². The van der Waals surface area contributed by atoms with Gasteiger partial charge < -0.3 is 4.74 Å². The van der Waals surface area contributed by atoms with E-state index in [-0.39, 0.29) is 12.0 Å². The summed E-state index contributed by atoms with van der Waals surface area (Å²) in [7, 11) is 0. The van der Waals surface area contributed by atoms with Crippen molar-refractivity contribution in [1.82, 2.24) is 4.90 Å². The molecule has 156 valence electrons. The molecule has 3 aromatic rings. The SMILES string of the molecule is CC(C)(C)OC(=O)CC(c1ccccc1)N(Cc1ccccc1)Cc1ccccc1. The van der Waals surface area contributed by atoms with Crippen LogP contribution in [-0.4, -0.2) is 16.5 Å². The molecule has 1 unspecified atom stereocenters. The highest BCUT2D eigenvalue weighted by Gasteiger charge is 2.26. The van der Waals surface area contributed by atoms with E-state index in [0.717, 1.165) is 18.7 Å². The number of ether oxygens (including phenoxy) is 1. The minimum atomic E-state index is -0.498. The maximum absolute atomic E-state index is 12.8. The summed E-state index contributed by atoms with van der Waals surface area (Å²) in [6.45, 7) is 7.23. The lowest BCUT2D eigenvalue weighted by molar-refractivity contribution is -0.156. The minimum absolute atomic E-state index is 0.0820. The van der Waals surface area contributed by atoms with Gasteiger partial charge in [-0.2, -0.15) is 0 Å².